The Bertz CT molecular complexity index is 521. The minimum Gasteiger partial charge on any atom is -0.395 e. The SMILES string of the molecule is CC(C)(C)C(=O)Nc1ccc(Cl)cc1C#CCCO. The molecule has 19 heavy (non-hydrogen) atoms. The molecule has 0 saturated heterocycles. The lowest BCUT2D eigenvalue weighted by Gasteiger charge is -2.18. The van der Waals surface area contributed by atoms with Crippen LogP contribution in [0.5, 0.6) is 0 Å². The van der Waals surface area contributed by atoms with Crippen molar-refractivity contribution >= 4 is 23.2 Å². The van der Waals surface area contributed by atoms with E-state index in [1.54, 1.807) is 18.2 Å². The van der Waals surface area contributed by atoms with E-state index in [-0.39, 0.29) is 12.5 Å². The van der Waals surface area contributed by atoms with Crippen molar-refractivity contribution in [3.63, 3.8) is 0 Å². The summed E-state index contributed by atoms with van der Waals surface area (Å²) in [6, 6.07) is 5.14. The first-order chi connectivity index (χ1) is 8.84. The topological polar surface area (TPSA) is 49.3 Å². The summed E-state index contributed by atoms with van der Waals surface area (Å²) >= 11 is 5.93. The number of carbonyl (C=O) groups excluding carboxylic acids is 1. The number of rotatable bonds is 2. The van der Waals surface area contributed by atoms with Gasteiger partial charge in [-0.3, -0.25) is 4.79 Å². The molecule has 1 amide bonds. The highest BCUT2D eigenvalue weighted by Gasteiger charge is 2.21. The highest BCUT2D eigenvalue weighted by atomic mass is 35.5. The van der Waals surface area contributed by atoms with Crippen molar-refractivity contribution in [2.45, 2.75) is 27.2 Å². The van der Waals surface area contributed by atoms with Crippen molar-refractivity contribution in [2.24, 2.45) is 5.41 Å². The first-order valence-corrected chi connectivity index (χ1v) is 6.43. The monoisotopic (exact) mass is 279 g/mol. The van der Waals surface area contributed by atoms with E-state index in [1.807, 2.05) is 20.8 Å². The zero-order chi connectivity index (χ0) is 14.5. The minimum absolute atomic E-state index is 0.0112. The van der Waals surface area contributed by atoms with Gasteiger partial charge in [0.2, 0.25) is 5.91 Å². The van der Waals surface area contributed by atoms with Crippen molar-refractivity contribution in [1.82, 2.24) is 0 Å². The van der Waals surface area contributed by atoms with Gasteiger partial charge in [0.05, 0.1) is 12.3 Å². The van der Waals surface area contributed by atoms with Crippen LogP contribution in [0.15, 0.2) is 18.2 Å². The predicted molar refractivity (Wildman–Crippen MR) is 78.1 cm³/mol. The Hall–Kier alpha value is -1.50. The number of nitrogens with one attached hydrogen (secondary N) is 1. The lowest BCUT2D eigenvalue weighted by atomic mass is 9.95. The third-order valence-electron chi connectivity index (χ3n) is 2.37. The molecule has 0 unspecified atom stereocenters. The summed E-state index contributed by atoms with van der Waals surface area (Å²) in [5.74, 6) is 5.64. The molecule has 3 nitrogen and oxygen atoms in total. The number of hydrogen-bond donors (Lipinski definition) is 2. The maximum Gasteiger partial charge on any atom is 0.229 e. The van der Waals surface area contributed by atoms with Gasteiger partial charge in [-0.1, -0.05) is 44.2 Å². The quantitative estimate of drug-likeness (QED) is 0.818. The Morgan fingerprint density at radius 3 is 2.68 bits per heavy atom. The first kappa shape index (κ1) is 15.6. The fraction of sp³-hybridized carbons (Fsp3) is 0.400. The highest BCUT2D eigenvalue weighted by molar-refractivity contribution is 6.30. The van der Waals surface area contributed by atoms with Gasteiger partial charge in [-0.2, -0.15) is 0 Å². The van der Waals surface area contributed by atoms with Crippen LogP contribution in [0.2, 0.25) is 5.02 Å². The molecule has 0 spiro atoms. The molecule has 4 heteroatoms. The molecule has 0 bridgehead atoms. The highest BCUT2D eigenvalue weighted by Crippen LogP contribution is 2.23. The molecule has 0 aliphatic heterocycles. The maximum absolute atomic E-state index is 12.0. The van der Waals surface area contributed by atoms with E-state index in [9.17, 15) is 4.79 Å². The molecule has 0 aromatic heterocycles. The molecule has 0 fully saturated rings. The third-order valence-corrected chi connectivity index (χ3v) is 2.61. The van der Waals surface area contributed by atoms with E-state index in [4.69, 9.17) is 16.7 Å². The molecule has 1 aromatic carbocycles. The fourth-order valence-corrected chi connectivity index (χ4v) is 1.42. The van der Waals surface area contributed by atoms with E-state index < -0.39 is 5.41 Å². The van der Waals surface area contributed by atoms with E-state index >= 15 is 0 Å². The van der Waals surface area contributed by atoms with Gasteiger partial charge in [-0.05, 0) is 18.2 Å². The number of carbonyl (C=O) groups is 1. The molecule has 0 radical (unpaired) electrons. The van der Waals surface area contributed by atoms with Gasteiger partial charge in [-0.15, -0.1) is 0 Å². The van der Waals surface area contributed by atoms with Gasteiger partial charge < -0.3 is 10.4 Å². The van der Waals surface area contributed by atoms with Crippen molar-refractivity contribution in [2.75, 3.05) is 11.9 Å². The first-order valence-electron chi connectivity index (χ1n) is 6.05. The van der Waals surface area contributed by atoms with Crippen LogP contribution in [0.4, 0.5) is 5.69 Å². The number of aliphatic hydroxyl groups excluding tert-OH is 1. The lowest BCUT2D eigenvalue weighted by molar-refractivity contribution is -0.123. The van der Waals surface area contributed by atoms with Crippen LogP contribution in [0.1, 0.15) is 32.8 Å². The Morgan fingerprint density at radius 2 is 2.11 bits per heavy atom. The predicted octanol–water partition coefficient (Wildman–Crippen LogP) is 3.06. The maximum atomic E-state index is 12.0. The van der Waals surface area contributed by atoms with E-state index in [0.29, 0.717) is 22.7 Å². The summed E-state index contributed by atoms with van der Waals surface area (Å²) in [6.07, 6.45) is 0.388. The number of benzene rings is 1. The average Bonchev–Trinajstić information content (AvgIpc) is 2.31. The lowest BCUT2D eigenvalue weighted by Crippen LogP contribution is -2.27. The summed E-state index contributed by atoms with van der Waals surface area (Å²) in [6.45, 7) is 5.54. The second kappa shape index (κ2) is 6.60. The number of hydrogen-bond acceptors (Lipinski definition) is 2. The normalized spacial score (nSPS) is 10.6. The Kier molecular flexibility index (Phi) is 5.41. The number of amides is 1. The number of halogens is 1. The Labute approximate surface area is 119 Å². The molecular weight excluding hydrogens is 262 g/mol. The largest absolute Gasteiger partial charge is 0.395 e. The molecule has 0 aliphatic carbocycles. The van der Waals surface area contributed by atoms with Gasteiger partial charge >= 0.3 is 0 Å². The Balaban J connectivity index is 3.01. The second-order valence-corrected chi connectivity index (χ2v) is 5.61. The summed E-state index contributed by atoms with van der Waals surface area (Å²) < 4.78 is 0. The van der Waals surface area contributed by atoms with E-state index in [1.165, 1.54) is 0 Å². The number of aliphatic hydroxyl groups is 1. The third kappa shape index (κ3) is 4.94. The van der Waals surface area contributed by atoms with Gasteiger partial charge in [0.1, 0.15) is 0 Å². The number of anilines is 1. The molecule has 0 heterocycles. The Morgan fingerprint density at radius 1 is 1.42 bits per heavy atom. The minimum atomic E-state index is -0.477. The van der Waals surface area contributed by atoms with Crippen LogP contribution in [0.25, 0.3) is 0 Å². The fourth-order valence-electron chi connectivity index (χ4n) is 1.25. The average molecular weight is 280 g/mol. The zero-order valence-corrected chi connectivity index (χ0v) is 12.1. The summed E-state index contributed by atoms with van der Waals surface area (Å²) in [5, 5.41) is 12.1. The van der Waals surface area contributed by atoms with Crippen LogP contribution in [-0.2, 0) is 4.79 Å². The molecule has 102 valence electrons. The van der Waals surface area contributed by atoms with Crippen LogP contribution in [0.3, 0.4) is 0 Å². The van der Waals surface area contributed by atoms with Gasteiger partial charge in [-0.25, -0.2) is 0 Å². The van der Waals surface area contributed by atoms with Crippen LogP contribution in [0, 0.1) is 17.3 Å². The second-order valence-electron chi connectivity index (χ2n) is 5.17. The molecule has 2 N–H and O–H groups in total. The van der Waals surface area contributed by atoms with Crippen molar-refractivity contribution < 1.29 is 9.90 Å². The zero-order valence-electron chi connectivity index (χ0n) is 11.4. The molecule has 1 rings (SSSR count). The smallest absolute Gasteiger partial charge is 0.229 e. The molecule has 1 aromatic rings. The van der Waals surface area contributed by atoms with Crippen LogP contribution >= 0.6 is 11.6 Å². The molecular formula is C15H18ClNO2. The van der Waals surface area contributed by atoms with Crippen molar-refractivity contribution in [1.29, 1.82) is 0 Å². The molecule has 0 atom stereocenters. The van der Waals surface area contributed by atoms with Crippen molar-refractivity contribution in [3.8, 4) is 11.8 Å². The standard InChI is InChI=1S/C15H18ClNO2/c1-15(2,3)14(19)17-13-8-7-12(16)10-11(13)6-4-5-9-18/h7-8,10,18H,5,9H2,1-3H3,(H,17,19). The van der Waals surface area contributed by atoms with Crippen LogP contribution < -0.4 is 5.32 Å². The summed E-state index contributed by atoms with van der Waals surface area (Å²) in [5.41, 5.74) is 0.809. The van der Waals surface area contributed by atoms with Crippen LogP contribution in [-0.4, -0.2) is 17.6 Å². The summed E-state index contributed by atoms with van der Waals surface area (Å²) in [7, 11) is 0. The summed E-state index contributed by atoms with van der Waals surface area (Å²) in [4.78, 5) is 12.0. The van der Waals surface area contributed by atoms with E-state index in [0.717, 1.165) is 0 Å². The van der Waals surface area contributed by atoms with Gasteiger partial charge in [0, 0.05) is 22.4 Å². The van der Waals surface area contributed by atoms with Gasteiger partial charge in [0.15, 0.2) is 0 Å². The molecule has 0 saturated carbocycles. The van der Waals surface area contributed by atoms with Gasteiger partial charge in [0.25, 0.3) is 0 Å². The van der Waals surface area contributed by atoms with Crippen molar-refractivity contribution in [3.05, 3.63) is 28.8 Å². The van der Waals surface area contributed by atoms with E-state index in [2.05, 4.69) is 17.2 Å². The molecule has 0 aliphatic rings.